The molecule has 0 unspecified atom stereocenters. The summed E-state index contributed by atoms with van der Waals surface area (Å²) in [6, 6.07) is 1.81. The molecule has 17 heavy (non-hydrogen) atoms. The minimum Gasteiger partial charge on any atom is -0.466 e. The van der Waals surface area contributed by atoms with Crippen LogP contribution in [0.2, 0.25) is 0 Å². The summed E-state index contributed by atoms with van der Waals surface area (Å²) in [5, 5.41) is 6.23. The van der Waals surface area contributed by atoms with E-state index < -0.39 is 0 Å². The number of hydrogen-bond donors (Lipinski definition) is 0. The first-order chi connectivity index (χ1) is 8.19. The maximum atomic E-state index is 11.3. The Morgan fingerprint density at radius 3 is 3.06 bits per heavy atom. The lowest BCUT2D eigenvalue weighted by Gasteiger charge is -1.98. The van der Waals surface area contributed by atoms with Crippen LogP contribution < -0.4 is 0 Å². The molecule has 0 amide bonds. The average molecular weight is 251 g/mol. The first-order valence-electron chi connectivity index (χ1n) is 5.32. The zero-order valence-electron chi connectivity index (χ0n) is 9.71. The molecule has 2 heterocycles. The van der Waals surface area contributed by atoms with Crippen LogP contribution in [0.4, 0.5) is 0 Å². The summed E-state index contributed by atoms with van der Waals surface area (Å²) in [6.07, 6.45) is 3.79. The van der Waals surface area contributed by atoms with E-state index in [-0.39, 0.29) is 12.4 Å². The highest BCUT2D eigenvalue weighted by Gasteiger charge is 2.08. The highest BCUT2D eigenvalue weighted by Crippen LogP contribution is 2.16. The molecule has 0 aromatic carbocycles. The van der Waals surface area contributed by atoms with Crippen LogP contribution in [-0.4, -0.2) is 27.3 Å². The largest absolute Gasteiger partial charge is 0.466 e. The van der Waals surface area contributed by atoms with Crippen LogP contribution in [0.15, 0.2) is 18.5 Å². The number of aryl methyl sites for hydroxylation is 1. The van der Waals surface area contributed by atoms with E-state index in [9.17, 15) is 4.79 Å². The molecule has 0 aliphatic rings. The van der Waals surface area contributed by atoms with Crippen molar-refractivity contribution in [1.82, 2.24) is 14.8 Å². The van der Waals surface area contributed by atoms with E-state index in [1.54, 1.807) is 29.1 Å². The van der Waals surface area contributed by atoms with E-state index in [0.29, 0.717) is 12.3 Å². The van der Waals surface area contributed by atoms with Gasteiger partial charge in [-0.25, -0.2) is 9.67 Å². The van der Waals surface area contributed by atoms with Gasteiger partial charge in [0.1, 0.15) is 5.00 Å². The van der Waals surface area contributed by atoms with Crippen molar-refractivity contribution in [3.8, 4) is 5.00 Å². The molecule has 2 rings (SSSR count). The van der Waals surface area contributed by atoms with Gasteiger partial charge in [0.05, 0.1) is 29.9 Å². The van der Waals surface area contributed by atoms with E-state index in [1.165, 1.54) is 0 Å². The zero-order valence-corrected chi connectivity index (χ0v) is 10.5. The van der Waals surface area contributed by atoms with E-state index >= 15 is 0 Å². The fraction of sp³-hybridized carbons (Fsp3) is 0.364. The third-order valence-corrected chi connectivity index (χ3v) is 3.01. The molecule has 0 aliphatic heterocycles. The van der Waals surface area contributed by atoms with Crippen LogP contribution in [0, 0.1) is 6.92 Å². The Balaban J connectivity index is 2.08. The first kappa shape index (κ1) is 11.8. The monoisotopic (exact) mass is 251 g/mol. The minimum absolute atomic E-state index is 0.207. The molecule has 2 aromatic rings. The number of thiazole rings is 1. The van der Waals surface area contributed by atoms with Crippen molar-refractivity contribution in [3.05, 3.63) is 29.2 Å². The maximum absolute atomic E-state index is 11.3. The lowest BCUT2D eigenvalue weighted by atomic mass is 10.3. The van der Waals surface area contributed by atoms with Crippen LogP contribution >= 0.6 is 11.3 Å². The summed E-state index contributed by atoms with van der Waals surface area (Å²) in [5.74, 6) is -0.252. The summed E-state index contributed by atoms with van der Waals surface area (Å²) in [6.45, 7) is 4.13. The molecule has 6 heteroatoms. The molecule has 0 atom stereocenters. The second-order valence-corrected chi connectivity index (χ2v) is 4.66. The molecule has 0 saturated heterocycles. The van der Waals surface area contributed by atoms with Gasteiger partial charge in [-0.2, -0.15) is 5.10 Å². The van der Waals surface area contributed by atoms with Gasteiger partial charge in [-0.05, 0) is 19.9 Å². The smallest absolute Gasteiger partial charge is 0.311 e. The first-order valence-corrected chi connectivity index (χ1v) is 6.13. The van der Waals surface area contributed by atoms with E-state index in [4.69, 9.17) is 4.74 Å². The minimum atomic E-state index is -0.252. The van der Waals surface area contributed by atoms with Gasteiger partial charge in [-0.15, -0.1) is 0 Å². The number of carbonyl (C=O) groups is 1. The lowest BCUT2D eigenvalue weighted by molar-refractivity contribution is -0.142. The van der Waals surface area contributed by atoms with Crippen LogP contribution in [0.25, 0.3) is 5.00 Å². The second-order valence-electron chi connectivity index (χ2n) is 3.45. The van der Waals surface area contributed by atoms with Gasteiger partial charge < -0.3 is 4.74 Å². The molecule has 0 spiro atoms. The number of carbonyl (C=O) groups excluding carboxylic acids is 1. The summed E-state index contributed by atoms with van der Waals surface area (Å²) >= 11 is 1.56. The quantitative estimate of drug-likeness (QED) is 0.777. The van der Waals surface area contributed by atoms with Gasteiger partial charge in [0, 0.05) is 6.20 Å². The van der Waals surface area contributed by atoms with Gasteiger partial charge >= 0.3 is 5.97 Å². The maximum Gasteiger partial charge on any atom is 0.311 e. The molecule has 0 saturated carbocycles. The number of nitrogens with zero attached hydrogens (tertiary/aromatic N) is 3. The van der Waals surface area contributed by atoms with Gasteiger partial charge in [0.2, 0.25) is 0 Å². The van der Waals surface area contributed by atoms with Crippen LogP contribution in [0.5, 0.6) is 0 Å². The number of hydrogen-bond acceptors (Lipinski definition) is 5. The third-order valence-electron chi connectivity index (χ3n) is 2.11. The normalized spacial score (nSPS) is 10.5. The van der Waals surface area contributed by atoms with Crippen molar-refractivity contribution < 1.29 is 9.53 Å². The van der Waals surface area contributed by atoms with Crippen molar-refractivity contribution >= 4 is 17.3 Å². The molecule has 0 N–H and O–H groups in total. The Bertz CT molecular complexity index is 518. The molecule has 0 radical (unpaired) electrons. The van der Waals surface area contributed by atoms with Gasteiger partial charge in [0.25, 0.3) is 0 Å². The van der Waals surface area contributed by atoms with Gasteiger partial charge in [-0.1, -0.05) is 11.3 Å². The van der Waals surface area contributed by atoms with Gasteiger partial charge in [0.15, 0.2) is 0 Å². The number of esters is 1. The Kier molecular flexibility index (Phi) is 3.53. The molecule has 0 bridgehead atoms. The second kappa shape index (κ2) is 5.09. The fourth-order valence-corrected chi connectivity index (χ4v) is 2.10. The summed E-state index contributed by atoms with van der Waals surface area (Å²) in [4.78, 5) is 15.4. The van der Waals surface area contributed by atoms with Gasteiger partial charge in [-0.3, -0.25) is 4.79 Å². The molecule has 0 aliphatic carbocycles. The SMILES string of the molecule is CCOC(=O)Cc1ccn(-c2cnc(C)s2)n1. The van der Waals surface area contributed by atoms with Crippen molar-refractivity contribution in [1.29, 1.82) is 0 Å². The average Bonchev–Trinajstić information content (AvgIpc) is 2.87. The number of rotatable bonds is 4. The van der Waals surface area contributed by atoms with E-state index in [0.717, 1.165) is 10.0 Å². The van der Waals surface area contributed by atoms with E-state index in [2.05, 4.69) is 10.1 Å². The molecular weight excluding hydrogens is 238 g/mol. The van der Waals surface area contributed by atoms with Crippen molar-refractivity contribution in [2.75, 3.05) is 6.61 Å². The van der Waals surface area contributed by atoms with Crippen molar-refractivity contribution in [2.45, 2.75) is 20.3 Å². The Morgan fingerprint density at radius 2 is 2.41 bits per heavy atom. The molecule has 2 aromatic heterocycles. The van der Waals surface area contributed by atoms with Crippen molar-refractivity contribution in [3.63, 3.8) is 0 Å². The van der Waals surface area contributed by atoms with Crippen LogP contribution in [0.3, 0.4) is 0 Å². The predicted octanol–water partition coefficient (Wildman–Crippen LogP) is 1.74. The Labute approximate surface area is 103 Å². The summed E-state index contributed by atoms with van der Waals surface area (Å²) < 4.78 is 6.59. The molecule has 90 valence electrons. The Hall–Kier alpha value is -1.69. The van der Waals surface area contributed by atoms with Crippen LogP contribution in [0.1, 0.15) is 17.6 Å². The third kappa shape index (κ3) is 2.91. The summed E-state index contributed by atoms with van der Waals surface area (Å²) in [7, 11) is 0. The van der Waals surface area contributed by atoms with Crippen molar-refractivity contribution in [2.24, 2.45) is 0 Å². The molecule has 0 fully saturated rings. The van der Waals surface area contributed by atoms with E-state index in [1.807, 2.05) is 19.2 Å². The Morgan fingerprint density at radius 1 is 1.59 bits per heavy atom. The lowest BCUT2D eigenvalue weighted by Crippen LogP contribution is -2.08. The fourth-order valence-electron chi connectivity index (χ4n) is 1.39. The number of aromatic nitrogens is 3. The summed E-state index contributed by atoms with van der Waals surface area (Å²) in [5.41, 5.74) is 0.703. The molecular formula is C11H13N3O2S. The molecule has 5 nitrogen and oxygen atoms in total. The standard InChI is InChI=1S/C11H13N3O2S/c1-3-16-11(15)6-9-4-5-14(13-9)10-7-12-8(2)17-10/h4-5,7H,3,6H2,1-2H3. The predicted molar refractivity (Wildman–Crippen MR) is 64.3 cm³/mol. The highest BCUT2D eigenvalue weighted by molar-refractivity contribution is 7.14. The topological polar surface area (TPSA) is 57.0 Å². The van der Waals surface area contributed by atoms with Crippen LogP contribution in [-0.2, 0) is 16.0 Å². The highest BCUT2D eigenvalue weighted by atomic mass is 32.1. The zero-order chi connectivity index (χ0) is 12.3. The number of ether oxygens (including phenoxy) is 1.